The molecule has 0 aliphatic carbocycles. The van der Waals surface area contributed by atoms with Crippen LogP contribution in [0.3, 0.4) is 0 Å². The van der Waals surface area contributed by atoms with Crippen LogP contribution < -0.4 is 4.74 Å². The maximum atomic E-state index is 10.4. The summed E-state index contributed by atoms with van der Waals surface area (Å²) < 4.78 is 7.02. The Morgan fingerprint density at radius 3 is 2.89 bits per heavy atom. The summed E-state index contributed by atoms with van der Waals surface area (Å²) in [7, 11) is 0. The lowest BCUT2D eigenvalue weighted by Gasteiger charge is -2.08. The van der Waals surface area contributed by atoms with E-state index in [1.54, 1.807) is 0 Å². The minimum absolute atomic E-state index is 0.380. The molecule has 0 aliphatic heterocycles. The molecule has 0 saturated heterocycles. The molecule has 0 fully saturated rings. The van der Waals surface area contributed by atoms with Crippen molar-refractivity contribution in [2.24, 2.45) is 0 Å². The van der Waals surface area contributed by atoms with E-state index in [9.17, 15) is 10.1 Å². The highest BCUT2D eigenvalue weighted by atomic mass is 16.6. The average molecular weight is 262 g/mol. The summed E-state index contributed by atoms with van der Waals surface area (Å²) in [6.45, 7) is 4.75. The molecule has 100 valence electrons. The number of rotatable bonds is 5. The Balaban J connectivity index is 1.92. The fourth-order valence-electron chi connectivity index (χ4n) is 1.59. The SMILES string of the molecule is Cc1ccc(C)c(OCCn2cnc([N+](=O)[O-])n2)c1. The van der Waals surface area contributed by atoms with E-state index in [0.29, 0.717) is 13.2 Å². The fourth-order valence-corrected chi connectivity index (χ4v) is 1.59. The first-order chi connectivity index (χ1) is 9.06. The molecule has 2 rings (SSSR count). The van der Waals surface area contributed by atoms with Gasteiger partial charge >= 0.3 is 5.95 Å². The zero-order valence-electron chi connectivity index (χ0n) is 10.7. The van der Waals surface area contributed by atoms with E-state index in [1.165, 1.54) is 11.0 Å². The van der Waals surface area contributed by atoms with Crippen LogP contribution in [0.2, 0.25) is 0 Å². The minimum Gasteiger partial charge on any atom is -0.491 e. The summed E-state index contributed by atoms with van der Waals surface area (Å²) in [6.07, 6.45) is 1.32. The summed E-state index contributed by atoms with van der Waals surface area (Å²) in [4.78, 5) is 13.4. The Labute approximate surface area is 110 Å². The number of benzene rings is 1. The van der Waals surface area contributed by atoms with Gasteiger partial charge in [0.1, 0.15) is 12.4 Å². The highest BCUT2D eigenvalue weighted by molar-refractivity contribution is 5.35. The van der Waals surface area contributed by atoms with Gasteiger partial charge in [-0.25, -0.2) is 0 Å². The van der Waals surface area contributed by atoms with Crippen LogP contribution in [-0.4, -0.2) is 26.3 Å². The van der Waals surface area contributed by atoms with Crippen LogP contribution in [0, 0.1) is 24.0 Å². The van der Waals surface area contributed by atoms with Crippen LogP contribution in [-0.2, 0) is 6.54 Å². The molecule has 1 aromatic heterocycles. The van der Waals surface area contributed by atoms with Gasteiger partial charge in [-0.15, -0.1) is 0 Å². The van der Waals surface area contributed by atoms with E-state index in [-0.39, 0.29) is 0 Å². The molecule has 0 N–H and O–H groups in total. The number of aryl methyl sites for hydroxylation is 2. The Hall–Kier alpha value is -2.44. The quantitative estimate of drug-likeness (QED) is 0.606. The third-order valence-corrected chi connectivity index (χ3v) is 2.61. The van der Waals surface area contributed by atoms with E-state index >= 15 is 0 Å². The van der Waals surface area contributed by atoms with Gasteiger partial charge in [0.2, 0.25) is 6.33 Å². The molecule has 2 aromatic rings. The Morgan fingerprint density at radius 1 is 1.42 bits per heavy atom. The first kappa shape index (κ1) is 13.0. The van der Waals surface area contributed by atoms with Gasteiger partial charge < -0.3 is 14.9 Å². The minimum atomic E-state index is -0.623. The Kier molecular flexibility index (Phi) is 3.74. The molecular formula is C12H14N4O3. The molecule has 0 atom stereocenters. The molecule has 0 bridgehead atoms. The van der Waals surface area contributed by atoms with Gasteiger partial charge in [-0.1, -0.05) is 17.1 Å². The lowest BCUT2D eigenvalue weighted by atomic mass is 10.1. The van der Waals surface area contributed by atoms with E-state index in [1.807, 2.05) is 32.0 Å². The lowest BCUT2D eigenvalue weighted by Crippen LogP contribution is -2.09. The fraction of sp³-hybridized carbons (Fsp3) is 0.333. The summed E-state index contributed by atoms with van der Waals surface area (Å²) in [5.74, 6) is 0.418. The van der Waals surface area contributed by atoms with Crippen LogP contribution in [0.4, 0.5) is 5.95 Å². The van der Waals surface area contributed by atoms with Crippen molar-refractivity contribution in [1.29, 1.82) is 0 Å². The molecule has 0 unspecified atom stereocenters. The van der Waals surface area contributed by atoms with Crippen LogP contribution in [0.15, 0.2) is 24.5 Å². The van der Waals surface area contributed by atoms with Gasteiger partial charge in [-0.3, -0.25) is 0 Å². The molecule has 0 amide bonds. The lowest BCUT2D eigenvalue weighted by molar-refractivity contribution is -0.394. The second-order valence-corrected chi connectivity index (χ2v) is 4.18. The maximum Gasteiger partial charge on any atom is 0.490 e. The second-order valence-electron chi connectivity index (χ2n) is 4.18. The number of ether oxygens (including phenoxy) is 1. The predicted molar refractivity (Wildman–Crippen MR) is 68.1 cm³/mol. The normalized spacial score (nSPS) is 10.4. The van der Waals surface area contributed by atoms with Crippen LogP contribution in [0.1, 0.15) is 11.1 Å². The molecule has 0 aliphatic rings. The van der Waals surface area contributed by atoms with Crippen LogP contribution in [0.5, 0.6) is 5.75 Å². The largest absolute Gasteiger partial charge is 0.491 e. The predicted octanol–water partition coefficient (Wildman–Crippen LogP) is 1.88. The van der Waals surface area contributed by atoms with Gasteiger partial charge in [-0.05, 0) is 36.0 Å². The van der Waals surface area contributed by atoms with E-state index in [2.05, 4.69) is 10.1 Å². The zero-order valence-corrected chi connectivity index (χ0v) is 10.7. The monoisotopic (exact) mass is 262 g/mol. The van der Waals surface area contributed by atoms with Crippen molar-refractivity contribution >= 4 is 5.95 Å². The number of nitro groups is 1. The molecule has 7 nitrogen and oxygen atoms in total. The van der Waals surface area contributed by atoms with Gasteiger partial charge in [0, 0.05) is 5.10 Å². The van der Waals surface area contributed by atoms with Gasteiger partial charge in [0.15, 0.2) is 0 Å². The first-order valence-corrected chi connectivity index (χ1v) is 5.80. The molecule has 0 radical (unpaired) electrons. The number of aromatic nitrogens is 3. The summed E-state index contributed by atoms with van der Waals surface area (Å²) >= 11 is 0. The van der Waals surface area contributed by atoms with Gasteiger partial charge in [0.05, 0.1) is 6.54 Å². The molecule has 0 saturated carbocycles. The van der Waals surface area contributed by atoms with Crippen LogP contribution in [0.25, 0.3) is 0 Å². The average Bonchev–Trinajstić information content (AvgIpc) is 2.82. The highest BCUT2D eigenvalue weighted by Crippen LogP contribution is 2.18. The number of hydrogen-bond acceptors (Lipinski definition) is 5. The van der Waals surface area contributed by atoms with Crippen molar-refractivity contribution in [3.8, 4) is 5.75 Å². The standard InChI is InChI=1S/C12H14N4O3/c1-9-3-4-10(2)11(7-9)19-6-5-15-8-13-12(14-15)16(17)18/h3-4,7-8H,5-6H2,1-2H3. The highest BCUT2D eigenvalue weighted by Gasteiger charge is 2.12. The summed E-state index contributed by atoms with van der Waals surface area (Å²) in [6, 6.07) is 5.97. The van der Waals surface area contributed by atoms with Crippen molar-refractivity contribution in [3.63, 3.8) is 0 Å². The summed E-state index contributed by atoms with van der Waals surface area (Å²) in [5, 5.41) is 14.1. The van der Waals surface area contributed by atoms with Gasteiger partial charge in [-0.2, -0.15) is 4.68 Å². The van der Waals surface area contributed by atoms with E-state index in [4.69, 9.17) is 4.74 Å². The molecule has 1 aromatic carbocycles. The van der Waals surface area contributed by atoms with Crippen molar-refractivity contribution in [2.45, 2.75) is 20.4 Å². The molecule has 19 heavy (non-hydrogen) atoms. The van der Waals surface area contributed by atoms with Crippen LogP contribution >= 0.6 is 0 Å². The Morgan fingerprint density at radius 2 is 2.21 bits per heavy atom. The smallest absolute Gasteiger partial charge is 0.490 e. The molecular weight excluding hydrogens is 248 g/mol. The maximum absolute atomic E-state index is 10.4. The van der Waals surface area contributed by atoms with E-state index < -0.39 is 10.9 Å². The Bertz CT molecular complexity index is 594. The topological polar surface area (TPSA) is 83.1 Å². The third kappa shape index (κ3) is 3.27. The van der Waals surface area contributed by atoms with Crippen molar-refractivity contribution < 1.29 is 9.66 Å². The third-order valence-electron chi connectivity index (χ3n) is 2.61. The number of nitrogens with zero attached hydrogens (tertiary/aromatic N) is 4. The zero-order chi connectivity index (χ0) is 13.8. The van der Waals surface area contributed by atoms with Crippen molar-refractivity contribution in [2.75, 3.05) is 6.61 Å². The molecule has 1 heterocycles. The van der Waals surface area contributed by atoms with Gasteiger partial charge in [0.25, 0.3) is 0 Å². The molecule has 0 spiro atoms. The number of hydrogen-bond donors (Lipinski definition) is 0. The van der Waals surface area contributed by atoms with Crippen molar-refractivity contribution in [3.05, 3.63) is 45.8 Å². The molecule has 7 heteroatoms. The summed E-state index contributed by atoms with van der Waals surface area (Å²) in [5.41, 5.74) is 2.17. The second kappa shape index (κ2) is 5.47. The van der Waals surface area contributed by atoms with E-state index in [0.717, 1.165) is 16.9 Å². The first-order valence-electron chi connectivity index (χ1n) is 5.80. The van der Waals surface area contributed by atoms with Crippen molar-refractivity contribution in [1.82, 2.24) is 14.8 Å².